The minimum atomic E-state index is 0.437. The van der Waals surface area contributed by atoms with E-state index in [-0.39, 0.29) is 0 Å². The number of hydrogen-bond acceptors (Lipinski definition) is 4. The molecule has 0 aromatic carbocycles. The highest BCUT2D eigenvalue weighted by Crippen LogP contribution is 2.31. The van der Waals surface area contributed by atoms with Crippen molar-refractivity contribution in [1.82, 2.24) is 20.2 Å². The number of aromatic nitrogens is 4. The lowest BCUT2D eigenvalue weighted by molar-refractivity contribution is 0.484. The summed E-state index contributed by atoms with van der Waals surface area (Å²) in [5, 5.41) is 9.81. The molecule has 2 aromatic heterocycles. The number of hydrogen-bond donors (Lipinski definition) is 1. The summed E-state index contributed by atoms with van der Waals surface area (Å²) in [4.78, 5) is 9.92. The lowest BCUT2D eigenvalue weighted by Gasteiger charge is -2.33. The van der Waals surface area contributed by atoms with Crippen molar-refractivity contribution in [2.75, 3.05) is 18.0 Å². The van der Waals surface area contributed by atoms with Gasteiger partial charge in [0.05, 0.1) is 11.9 Å². The van der Waals surface area contributed by atoms with Gasteiger partial charge in [-0.15, -0.1) is 5.10 Å². The van der Waals surface area contributed by atoms with Crippen molar-refractivity contribution >= 4 is 17.4 Å². The molecule has 142 valence electrons. The molecule has 0 saturated carbocycles. The van der Waals surface area contributed by atoms with E-state index in [2.05, 4.69) is 57.1 Å². The van der Waals surface area contributed by atoms with Gasteiger partial charge in [-0.05, 0) is 56.2 Å². The van der Waals surface area contributed by atoms with E-state index in [0.717, 1.165) is 62.5 Å². The second kappa shape index (κ2) is 7.85. The first-order chi connectivity index (χ1) is 13.1. The largest absolute Gasteiger partial charge is 0.355 e. The number of nitrogens with one attached hydrogen (secondary N) is 1. The SMILES string of the molecule is Cc1c(CC2=CCCC=C2)nnc(N2CCC(c3ncc(Cl)[nH]3)CC2)c1C. The van der Waals surface area contributed by atoms with Crippen LogP contribution in [0.3, 0.4) is 0 Å². The Morgan fingerprint density at radius 1 is 1.15 bits per heavy atom. The van der Waals surface area contributed by atoms with Crippen molar-refractivity contribution < 1.29 is 0 Å². The van der Waals surface area contributed by atoms with Crippen LogP contribution in [0.1, 0.15) is 54.2 Å². The standard InChI is InChI=1S/C21H26ClN5/c1-14-15(2)21(26-25-18(14)12-16-6-4-3-5-7-16)27-10-8-17(9-11-27)20-23-13-19(22)24-20/h4,6-7,13,17H,3,5,8-12H2,1-2H3,(H,23,24). The summed E-state index contributed by atoms with van der Waals surface area (Å²) in [6.07, 6.45) is 13.7. The molecule has 0 bridgehead atoms. The van der Waals surface area contributed by atoms with Crippen LogP contribution in [0.15, 0.2) is 30.0 Å². The Labute approximate surface area is 165 Å². The van der Waals surface area contributed by atoms with Gasteiger partial charge in [-0.25, -0.2) is 4.98 Å². The minimum absolute atomic E-state index is 0.437. The van der Waals surface area contributed by atoms with Gasteiger partial charge < -0.3 is 9.88 Å². The van der Waals surface area contributed by atoms with E-state index in [9.17, 15) is 0 Å². The quantitative estimate of drug-likeness (QED) is 0.833. The van der Waals surface area contributed by atoms with Gasteiger partial charge in [0.1, 0.15) is 11.0 Å². The summed E-state index contributed by atoms with van der Waals surface area (Å²) >= 11 is 5.97. The highest BCUT2D eigenvalue weighted by molar-refractivity contribution is 6.29. The summed E-state index contributed by atoms with van der Waals surface area (Å²) in [5.41, 5.74) is 4.96. The molecule has 5 nitrogen and oxygen atoms in total. The number of rotatable bonds is 4. The highest BCUT2D eigenvalue weighted by Gasteiger charge is 2.25. The molecule has 0 radical (unpaired) electrons. The number of anilines is 1. The minimum Gasteiger partial charge on any atom is -0.355 e. The van der Waals surface area contributed by atoms with Gasteiger partial charge >= 0.3 is 0 Å². The normalized spacial score (nSPS) is 18.0. The summed E-state index contributed by atoms with van der Waals surface area (Å²) in [6.45, 7) is 6.27. The molecule has 1 fully saturated rings. The smallest absolute Gasteiger partial charge is 0.154 e. The number of allylic oxidation sites excluding steroid dienone is 4. The van der Waals surface area contributed by atoms with Crippen LogP contribution >= 0.6 is 11.6 Å². The summed E-state index contributed by atoms with van der Waals surface area (Å²) in [6, 6.07) is 0. The predicted octanol–water partition coefficient (Wildman–Crippen LogP) is 4.67. The molecule has 0 unspecified atom stereocenters. The maximum absolute atomic E-state index is 5.97. The number of H-pyrrole nitrogens is 1. The Kier molecular flexibility index (Phi) is 5.30. The van der Waals surface area contributed by atoms with Crippen molar-refractivity contribution in [3.05, 3.63) is 57.8 Å². The molecule has 1 aliphatic heterocycles. The van der Waals surface area contributed by atoms with Crippen LogP contribution in [0.2, 0.25) is 5.15 Å². The lowest BCUT2D eigenvalue weighted by atomic mass is 9.95. The van der Waals surface area contributed by atoms with Crippen molar-refractivity contribution in [1.29, 1.82) is 0 Å². The van der Waals surface area contributed by atoms with Crippen molar-refractivity contribution in [3.63, 3.8) is 0 Å². The summed E-state index contributed by atoms with van der Waals surface area (Å²) in [7, 11) is 0. The molecule has 1 saturated heterocycles. The average molecular weight is 384 g/mol. The van der Waals surface area contributed by atoms with Crippen LogP contribution in [-0.2, 0) is 6.42 Å². The Morgan fingerprint density at radius 2 is 1.96 bits per heavy atom. The molecular weight excluding hydrogens is 358 g/mol. The highest BCUT2D eigenvalue weighted by atomic mass is 35.5. The molecule has 3 heterocycles. The summed E-state index contributed by atoms with van der Waals surface area (Å²) in [5.74, 6) is 2.47. The van der Waals surface area contributed by atoms with E-state index in [1.807, 2.05) is 0 Å². The zero-order valence-corrected chi connectivity index (χ0v) is 16.8. The van der Waals surface area contributed by atoms with Crippen molar-refractivity contribution in [2.45, 2.75) is 51.9 Å². The van der Waals surface area contributed by atoms with Crippen molar-refractivity contribution in [3.8, 4) is 0 Å². The number of aromatic amines is 1. The Morgan fingerprint density at radius 3 is 2.63 bits per heavy atom. The predicted molar refractivity (Wildman–Crippen MR) is 109 cm³/mol. The van der Waals surface area contributed by atoms with Crippen LogP contribution in [0.4, 0.5) is 5.82 Å². The van der Waals surface area contributed by atoms with E-state index in [4.69, 9.17) is 11.6 Å². The van der Waals surface area contributed by atoms with Gasteiger partial charge in [0.25, 0.3) is 0 Å². The third kappa shape index (κ3) is 3.93. The second-order valence-corrected chi connectivity index (χ2v) is 7.94. The molecule has 1 aliphatic carbocycles. The molecule has 4 rings (SSSR count). The molecule has 2 aliphatic rings. The molecule has 1 N–H and O–H groups in total. The Bertz CT molecular complexity index is 875. The van der Waals surface area contributed by atoms with Crippen LogP contribution in [0.25, 0.3) is 0 Å². The molecule has 27 heavy (non-hydrogen) atoms. The van der Waals surface area contributed by atoms with E-state index in [1.165, 1.54) is 16.7 Å². The van der Waals surface area contributed by atoms with Crippen LogP contribution in [0, 0.1) is 13.8 Å². The van der Waals surface area contributed by atoms with Gasteiger partial charge in [-0.3, -0.25) is 0 Å². The molecular formula is C21H26ClN5. The number of piperidine rings is 1. The van der Waals surface area contributed by atoms with Gasteiger partial charge in [0, 0.05) is 25.4 Å². The molecule has 0 amide bonds. The monoisotopic (exact) mass is 383 g/mol. The second-order valence-electron chi connectivity index (χ2n) is 7.53. The molecule has 6 heteroatoms. The zero-order chi connectivity index (χ0) is 18.8. The fourth-order valence-electron chi connectivity index (χ4n) is 3.99. The van der Waals surface area contributed by atoms with Crippen LogP contribution in [0.5, 0.6) is 0 Å². The average Bonchev–Trinajstić information content (AvgIpc) is 3.13. The van der Waals surface area contributed by atoms with Gasteiger partial charge in [0.15, 0.2) is 5.82 Å². The number of imidazole rings is 1. The Hall–Kier alpha value is -2.14. The first-order valence-corrected chi connectivity index (χ1v) is 10.1. The third-order valence-corrected chi connectivity index (χ3v) is 5.98. The van der Waals surface area contributed by atoms with Crippen LogP contribution in [-0.4, -0.2) is 33.3 Å². The number of halogens is 1. The van der Waals surface area contributed by atoms with E-state index in [1.54, 1.807) is 6.20 Å². The van der Waals surface area contributed by atoms with E-state index < -0.39 is 0 Å². The Balaban J connectivity index is 1.46. The first kappa shape index (κ1) is 18.2. The van der Waals surface area contributed by atoms with Gasteiger partial charge in [-0.1, -0.05) is 29.8 Å². The molecule has 0 spiro atoms. The maximum atomic E-state index is 5.97. The van der Waals surface area contributed by atoms with Gasteiger partial charge in [-0.2, -0.15) is 5.10 Å². The molecule has 2 aromatic rings. The van der Waals surface area contributed by atoms with E-state index >= 15 is 0 Å². The zero-order valence-electron chi connectivity index (χ0n) is 16.0. The van der Waals surface area contributed by atoms with Gasteiger partial charge in [0.2, 0.25) is 0 Å². The molecule has 0 atom stereocenters. The van der Waals surface area contributed by atoms with Crippen LogP contribution < -0.4 is 4.90 Å². The fourth-order valence-corrected chi connectivity index (χ4v) is 4.13. The topological polar surface area (TPSA) is 57.7 Å². The van der Waals surface area contributed by atoms with Crippen molar-refractivity contribution in [2.24, 2.45) is 0 Å². The lowest BCUT2D eigenvalue weighted by Crippen LogP contribution is -2.34. The number of nitrogens with zero attached hydrogens (tertiary/aromatic N) is 4. The summed E-state index contributed by atoms with van der Waals surface area (Å²) < 4.78 is 0. The maximum Gasteiger partial charge on any atom is 0.154 e. The third-order valence-electron chi connectivity index (χ3n) is 5.79. The first-order valence-electron chi connectivity index (χ1n) is 9.75. The van der Waals surface area contributed by atoms with E-state index in [0.29, 0.717) is 11.1 Å². The fraction of sp³-hybridized carbons (Fsp3) is 0.476.